The van der Waals surface area contributed by atoms with E-state index in [-0.39, 0.29) is 5.56 Å². The van der Waals surface area contributed by atoms with Crippen LogP contribution in [0.25, 0.3) is 0 Å². The van der Waals surface area contributed by atoms with Gasteiger partial charge in [0.05, 0.1) is 12.1 Å². The van der Waals surface area contributed by atoms with Gasteiger partial charge in [-0.25, -0.2) is 13.6 Å². The summed E-state index contributed by atoms with van der Waals surface area (Å²) >= 11 is 0. The highest BCUT2D eigenvalue weighted by Gasteiger charge is 2.19. The largest absolute Gasteiger partial charge is 0.386 e. The van der Waals surface area contributed by atoms with Crippen molar-refractivity contribution in [3.63, 3.8) is 0 Å². The maximum Gasteiger partial charge on any atom is 0.315 e. The van der Waals surface area contributed by atoms with Crippen LogP contribution in [0.1, 0.15) is 32.4 Å². The van der Waals surface area contributed by atoms with E-state index in [0.29, 0.717) is 12.5 Å². The summed E-state index contributed by atoms with van der Waals surface area (Å²) in [6.45, 7) is 6.01. The van der Waals surface area contributed by atoms with E-state index >= 15 is 0 Å². The predicted molar refractivity (Wildman–Crippen MR) is 72.2 cm³/mol. The molecule has 0 heterocycles. The molecule has 1 rings (SSSR count). The lowest BCUT2D eigenvalue weighted by molar-refractivity contribution is 0.137. The zero-order valence-electron chi connectivity index (χ0n) is 11.8. The van der Waals surface area contributed by atoms with Gasteiger partial charge in [0, 0.05) is 6.54 Å². The molecule has 4 nitrogen and oxygen atoms in total. The molecule has 0 aliphatic carbocycles. The van der Waals surface area contributed by atoms with E-state index in [1.54, 1.807) is 6.92 Å². The Morgan fingerprint density at radius 3 is 2.45 bits per heavy atom. The molecule has 0 aliphatic heterocycles. The van der Waals surface area contributed by atoms with Crippen LogP contribution < -0.4 is 10.6 Å². The smallest absolute Gasteiger partial charge is 0.315 e. The lowest BCUT2D eigenvalue weighted by Gasteiger charge is -2.21. The summed E-state index contributed by atoms with van der Waals surface area (Å²) < 4.78 is 25.9. The van der Waals surface area contributed by atoms with Gasteiger partial charge in [-0.1, -0.05) is 19.9 Å². The lowest BCUT2D eigenvalue weighted by Crippen LogP contribution is -2.44. The molecule has 20 heavy (non-hydrogen) atoms. The second-order valence-electron chi connectivity index (χ2n) is 5.16. The van der Waals surface area contributed by atoms with E-state index < -0.39 is 29.8 Å². The molecule has 3 N–H and O–H groups in total. The van der Waals surface area contributed by atoms with Crippen molar-refractivity contribution in [1.29, 1.82) is 0 Å². The van der Waals surface area contributed by atoms with Crippen molar-refractivity contribution in [3.05, 3.63) is 35.4 Å². The van der Waals surface area contributed by atoms with Crippen LogP contribution in [0.15, 0.2) is 18.2 Å². The van der Waals surface area contributed by atoms with Crippen molar-refractivity contribution in [2.45, 2.75) is 32.9 Å². The number of hydrogen-bond acceptors (Lipinski definition) is 2. The van der Waals surface area contributed by atoms with Crippen molar-refractivity contribution in [3.8, 4) is 0 Å². The van der Waals surface area contributed by atoms with Crippen LogP contribution in [0.3, 0.4) is 0 Å². The van der Waals surface area contributed by atoms with E-state index in [2.05, 4.69) is 10.6 Å². The van der Waals surface area contributed by atoms with Gasteiger partial charge in [0.25, 0.3) is 0 Å². The number of benzene rings is 1. The van der Waals surface area contributed by atoms with Crippen molar-refractivity contribution >= 4 is 6.03 Å². The Bertz CT molecular complexity index is 466. The van der Waals surface area contributed by atoms with Crippen LogP contribution in [-0.2, 0) is 0 Å². The number of nitrogens with one attached hydrogen (secondary N) is 2. The molecule has 0 spiro atoms. The highest BCUT2D eigenvalue weighted by Crippen LogP contribution is 2.19. The number of hydrogen-bond donors (Lipinski definition) is 3. The van der Waals surface area contributed by atoms with Gasteiger partial charge < -0.3 is 15.7 Å². The van der Waals surface area contributed by atoms with Gasteiger partial charge in [-0.15, -0.1) is 0 Å². The Labute approximate surface area is 117 Å². The number of amides is 2. The van der Waals surface area contributed by atoms with E-state index in [1.165, 1.54) is 6.07 Å². The highest BCUT2D eigenvalue weighted by molar-refractivity contribution is 5.74. The minimum atomic E-state index is -1.12. The van der Waals surface area contributed by atoms with E-state index in [0.717, 1.165) is 12.1 Å². The van der Waals surface area contributed by atoms with Crippen LogP contribution in [0.2, 0.25) is 0 Å². The summed E-state index contributed by atoms with van der Waals surface area (Å²) in [6, 6.07) is 2.11. The highest BCUT2D eigenvalue weighted by atomic mass is 19.2. The average molecular weight is 286 g/mol. The Kier molecular flexibility index (Phi) is 5.88. The Morgan fingerprint density at radius 1 is 1.25 bits per heavy atom. The molecule has 6 heteroatoms. The minimum absolute atomic E-state index is 0.209. The Hall–Kier alpha value is -1.69. The second-order valence-corrected chi connectivity index (χ2v) is 5.16. The van der Waals surface area contributed by atoms with Gasteiger partial charge in [0.2, 0.25) is 0 Å². The standard InChI is InChI=1S/C14H20F2N2O2/c1-8(2)7-17-14(20)18-9(3)13(19)10-4-5-11(15)12(16)6-10/h4-6,8-9,13,19H,7H2,1-3H3,(H2,17,18,20). The maximum absolute atomic E-state index is 13.1. The van der Waals surface area contributed by atoms with E-state index in [1.807, 2.05) is 13.8 Å². The molecular weight excluding hydrogens is 266 g/mol. The summed E-state index contributed by atoms with van der Waals surface area (Å²) in [5.41, 5.74) is 0.209. The van der Waals surface area contributed by atoms with Crippen LogP contribution in [0, 0.1) is 17.6 Å². The molecule has 1 aromatic rings. The van der Waals surface area contributed by atoms with Crippen LogP contribution >= 0.6 is 0 Å². The molecule has 2 atom stereocenters. The first-order chi connectivity index (χ1) is 9.31. The summed E-state index contributed by atoms with van der Waals surface area (Å²) in [7, 11) is 0. The summed E-state index contributed by atoms with van der Waals surface area (Å²) in [5.74, 6) is -1.69. The second kappa shape index (κ2) is 7.19. The molecular formula is C14H20F2N2O2. The summed E-state index contributed by atoms with van der Waals surface area (Å²) in [6.07, 6.45) is -1.12. The zero-order chi connectivity index (χ0) is 15.3. The number of carbonyl (C=O) groups excluding carboxylic acids is 1. The number of halogens is 2. The monoisotopic (exact) mass is 286 g/mol. The number of urea groups is 1. The van der Waals surface area contributed by atoms with Gasteiger partial charge >= 0.3 is 6.03 Å². The lowest BCUT2D eigenvalue weighted by atomic mass is 10.0. The van der Waals surface area contributed by atoms with Crippen LogP contribution in [0.5, 0.6) is 0 Å². The molecule has 112 valence electrons. The first kappa shape index (κ1) is 16.4. The number of carbonyl (C=O) groups is 1. The van der Waals surface area contributed by atoms with Gasteiger partial charge in [-0.05, 0) is 30.5 Å². The van der Waals surface area contributed by atoms with Crippen molar-refractivity contribution < 1.29 is 18.7 Å². The van der Waals surface area contributed by atoms with Gasteiger partial charge in [0.15, 0.2) is 11.6 Å². The third-order valence-electron chi connectivity index (χ3n) is 2.79. The number of aliphatic hydroxyl groups is 1. The van der Waals surface area contributed by atoms with Crippen molar-refractivity contribution in [2.75, 3.05) is 6.54 Å². The number of aliphatic hydroxyl groups excluding tert-OH is 1. The topological polar surface area (TPSA) is 61.4 Å². The average Bonchev–Trinajstić information content (AvgIpc) is 2.38. The molecule has 0 bridgehead atoms. The predicted octanol–water partition coefficient (Wildman–Crippen LogP) is 2.34. The quantitative estimate of drug-likeness (QED) is 0.778. The Balaban J connectivity index is 2.59. The zero-order valence-corrected chi connectivity index (χ0v) is 11.8. The fourth-order valence-electron chi connectivity index (χ4n) is 1.62. The fraction of sp³-hybridized carbons (Fsp3) is 0.500. The first-order valence-electron chi connectivity index (χ1n) is 6.48. The molecule has 0 aromatic heterocycles. The third kappa shape index (κ3) is 4.77. The third-order valence-corrected chi connectivity index (χ3v) is 2.79. The number of rotatable bonds is 5. The van der Waals surface area contributed by atoms with Gasteiger partial charge in [0.1, 0.15) is 0 Å². The molecule has 0 saturated carbocycles. The molecule has 2 unspecified atom stereocenters. The van der Waals surface area contributed by atoms with Crippen LogP contribution in [-0.4, -0.2) is 23.7 Å². The van der Waals surface area contributed by atoms with E-state index in [9.17, 15) is 18.7 Å². The van der Waals surface area contributed by atoms with E-state index in [4.69, 9.17) is 0 Å². The van der Waals surface area contributed by atoms with Crippen molar-refractivity contribution in [1.82, 2.24) is 10.6 Å². The molecule has 0 radical (unpaired) electrons. The molecule has 0 aliphatic rings. The summed E-state index contributed by atoms with van der Waals surface area (Å²) in [4.78, 5) is 11.5. The maximum atomic E-state index is 13.1. The normalized spacial score (nSPS) is 13.9. The van der Waals surface area contributed by atoms with Gasteiger partial charge in [-0.2, -0.15) is 0 Å². The molecule has 1 aromatic carbocycles. The minimum Gasteiger partial charge on any atom is -0.386 e. The molecule has 0 fully saturated rings. The SMILES string of the molecule is CC(C)CNC(=O)NC(C)C(O)c1ccc(F)c(F)c1. The fourth-order valence-corrected chi connectivity index (χ4v) is 1.62. The molecule has 2 amide bonds. The summed E-state index contributed by atoms with van der Waals surface area (Å²) in [5, 5.41) is 15.2. The van der Waals surface area contributed by atoms with Crippen LogP contribution in [0.4, 0.5) is 13.6 Å². The molecule has 0 saturated heterocycles. The van der Waals surface area contributed by atoms with Gasteiger partial charge in [-0.3, -0.25) is 0 Å². The van der Waals surface area contributed by atoms with Crippen molar-refractivity contribution in [2.24, 2.45) is 5.92 Å². The first-order valence-corrected chi connectivity index (χ1v) is 6.48. The Morgan fingerprint density at radius 2 is 1.90 bits per heavy atom.